The van der Waals surface area contributed by atoms with Gasteiger partial charge in [-0.3, -0.25) is 0 Å². The zero-order valence-electron chi connectivity index (χ0n) is 6.38. The highest BCUT2D eigenvalue weighted by Gasteiger charge is 1.95. The van der Waals surface area contributed by atoms with Crippen LogP contribution in [0.1, 0.15) is 25.6 Å². The second-order valence-electron chi connectivity index (χ2n) is 2.42. The van der Waals surface area contributed by atoms with Crippen LogP contribution in [-0.2, 0) is 6.42 Å². The molecule has 2 nitrogen and oxygen atoms in total. The number of unbranched alkanes of at least 4 members (excludes halogenated alkanes) is 1. The molecule has 0 amide bonds. The lowest BCUT2D eigenvalue weighted by molar-refractivity contribution is 0.738. The third-order valence-electron chi connectivity index (χ3n) is 1.56. The summed E-state index contributed by atoms with van der Waals surface area (Å²) in [4.78, 5) is 4.15. The fourth-order valence-electron chi connectivity index (χ4n) is 0.903. The van der Waals surface area contributed by atoms with Crippen molar-refractivity contribution in [2.24, 2.45) is 0 Å². The van der Waals surface area contributed by atoms with E-state index in [1.165, 1.54) is 12.8 Å². The maximum Gasteiger partial charge on any atom is 0.108 e. The predicted molar refractivity (Wildman–Crippen MR) is 41.6 cm³/mol. The van der Waals surface area contributed by atoms with Crippen molar-refractivity contribution < 1.29 is 0 Å². The Morgan fingerprint density at radius 2 is 2.50 bits per heavy atom. The molecule has 1 rings (SSSR count). The molecule has 0 fully saturated rings. The van der Waals surface area contributed by atoms with Gasteiger partial charge < -0.3 is 4.57 Å². The highest BCUT2D eigenvalue weighted by atomic mass is 15.0. The molecule has 1 aromatic heterocycles. The Kier molecular flexibility index (Phi) is 2.49. The Labute approximate surface area is 61.9 Å². The first-order valence-electron chi connectivity index (χ1n) is 3.67. The average molecular weight is 137 g/mol. The molecule has 0 aromatic carbocycles. The number of hydrogen-bond acceptors (Lipinski definition) is 1. The summed E-state index contributed by atoms with van der Waals surface area (Å²) in [5, 5.41) is 0. The van der Waals surface area contributed by atoms with E-state index in [1.807, 2.05) is 10.8 Å². The summed E-state index contributed by atoms with van der Waals surface area (Å²) in [5.41, 5.74) is 0. The van der Waals surface area contributed by atoms with Crippen LogP contribution in [0.3, 0.4) is 0 Å². The van der Waals surface area contributed by atoms with Crippen molar-refractivity contribution in [3.8, 4) is 0 Å². The van der Waals surface area contributed by atoms with Crippen LogP contribution in [0.5, 0.6) is 0 Å². The van der Waals surface area contributed by atoms with E-state index in [0.717, 1.165) is 12.2 Å². The van der Waals surface area contributed by atoms with Crippen molar-refractivity contribution in [2.45, 2.75) is 26.2 Å². The Balaban J connectivity index is 2.49. The molecule has 1 aromatic rings. The van der Waals surface area contributed by atoms with E-state index < -0.39 is 0 Å². The molecule has 0 aliphatic carbocycles. The van der Waals surface area contributed by atoms with Crippen LogP contribution in [0.25, 0.3) is 0 Å². The summed E-state index contributed by atoms with van der Waals surface area (Å²) >= 11 is 0. The number of nitrogens with zero attached hydrogens (tertiary/aromatic N) is 2. The Bertz CT molecular complexity index is 191. The molecule has 1 heterocycles. The van der Waals surface area contributed by atoms with Gasteiger partial charge in [0.1, 0.15) is 5.82 Å². The van der Waals surface area contributed by atoms with Gasteiger partial charge in [-0.05, 0) is 6.42 Å². The van der Waals surface area contributed by atoms with Crippen molar-refractivity contribution in [3.63, 3.8) is 0 Å². The smallest absolute Gasteiger partial charge is 0.108 e. The highest BCUT2D eigenvalue weighted by Crippen LogP contribution is 2.00. The van der Waals surface area contributed by atoms with E-state index >= 15 is 0 Å². The van der Waals surface area contributed by atoms with Crippen molar-refractivity contribution in [2.75, 3.05) is 0 Å². The van der Waals surface area contributed by atoms with Crippen molar-refractivity contribution in [1.29, 1.82) is 0 Å². The molecule has 2 heteroatoms. The van der Waals surface area contributed by atoms with Gasteiger partial charge in [0, 0.05) is 25.9 Å². The number of rotatable bonds is 3. The van der Waals surface area contributed by atoms with Crippen LogP contribution < -0.4 is 0 Å². The molecular weight excluding hydrogens is 124 g/mol. The maximum atomic E-state index is 4.15. The molecule has 1 radical (unpaired) electrons. The fourth-order valence-corrected chi connectivity index (χ4v) is 0.903. The molecule has 0 spiro atoms. The molecule has 0 bridgehead atoms. The predicted octanol–water partition coefficient (Wildman–Crippen LogP) is 1.87. The van der Waals surface area contributed by atoms with Crippen LogP contribution in [0.15, 0.2) is 12.4 Å². The summed E-state index contributed by atoms with van der Waals surface area (Å²) in [5.74, 6) is 1.09. The molecule has 10 heavy (non-hydrogen) atoms. The van der Waals surface area contributed by atoms with E-state index in [0.29, 0.717) is 0 Å². The first kappa shape index (κ1) is 7.32. The number of aryl methyl sites for hydroxylation is 1. The van der Waals surface area contributed by atoms with E-state index in [2.05, 4.69) is 19.0 Å². The van der Waals surface area contributed by atoms with Gasteiger partial charge in [0.05, 0.1) is 0 Å². The Morgan fingerprint density at radius 3 is 3.00 bits per heavy atom. The number of hydrogen-bond donors (Lipinski definition) is 0. The molecule has 0 aliphatic rings. The molecule has 0 aliphatic heterocycles. The molecule has 0 unspecified atom stereocenters. The minimum Gasteiger partial charge on any atom is -0.333 e. The molecule has 0 N–H and O–H groups in total. The quantitative estimate of drug-likeness (QED) is 0.621. The highest BCUT2D eigenvalue weighted by molar-refractivity contribution is 4.93. The lowest BCUT2D eigenvalue weighted by Gasteiger charge is -1.97. The van der Waals surface area contributed by atoms with E-state index in [4.69, 9.17) is 0 Å². The zero-order chi connectivity index (χ0) is 7.40. The largest absolute Gasteiger partial charge is 0.333 e. The summed E-state index contributed by atoms with van der Waals surface area (Å²) in [7, 11) is 3.79. The minimum absolute atomic E-state index is 1.05. The average Bonchev–Trinajstić information content (AvgIpc) is 2.31. The van der Waals surface area contributed by atoms with Gasteiger partial charge in [0.2, 0.25) is 0 Å². The topological polar surface area (TPSA) is 17.8 Å². The summed E-state index contributed by atoms with van der Waals surface area (Å²) in [6.45, 7) is 2.18. The second-order valence-corrected chi connectivity index (χ2v) is 2.42. The van der Waals surface area contributed by atoms with Gasteiger partial charge in [0.15, 0.2) is 0 Å². The van der Waals surface area contributed by atoms with E-state index in [-0.39, 0.29) is 0 Å². The van der Waals surface area contributed by atoms with Crippen LogP contribution in [0.4, 0.5) is 0 Å². The summed E-state index contributed by atoms with van der Waals surface area (Å²) in [6, 6.07) is 0. The first-order valence-corrected chi connectivity index (χ1v) is 3.67. The molecule has 0 saturated heterocycles. The molecular formula is C8H13N2. The summed E-state index contributed by atoms with van der Waals surface area (Å²) < 4.78 is 1.83. The van der Waals surface area contributed by atoms with Crippen LogP contribution in [0, 0.1) is 7.05 Å². The van der Waals surface area contributed by atoms with Crippen LogP contribution >= 0.6 is 0 Å². The lowest BCUT2D eigenvalue weighted by Crippen LogP contribution is -1.94. The number of imidazole rings is 1. The monoisotopic (exact) mass is 137 g/mol. The number of aromatic nitrogens is 2. The van der Waals surface area contributed by atoms with Gasteiger partial charge in [-0.15, -0.1) is 0 Å². The Morgan fingerprint density at radius 1 is 1.70 bits per heavy atom. The second kappa shape index (κ2) is 3.40. The van der Waals surface area contributed by atoms with Gasteiger partial charge in [-0.25, -0.2) is 4.98 Å². The van der Waals surface area contributed by atoms with Gasteiger partial charge in [-0.1, -0.05) is 13.3 Å². The standard InChI is InChI=1S/C8H13N2/c1-3-4-5-8-9-6-7-10(8)2/h6-7H,2-5H2,1H3. The molecule has 0 saturated carbocycles. The minimum atomic E-state index is 1.05. The van der Waals surface area contributed by atoms with Crippen molar-refractivity contribution >= 4 is 0 Å². The summed E-state index contributed by atoms with van der Waals surface area (Å²) in [6.07, 6.45) is 7.13. The Hall–Kier alpha value is -0.790. The van der Waals surface area contributed by atoms with Crippen LogP contribution in [-0.4, -0.2) is 9.55 Å². The fraction of sp³-hybridized carbons (Fsp3) is 0.500. The van der Waals surface area contributed by atoms with Crippen LogP contribution in [0.2, 0.25) is 0 Å². The molecule has 55 valence electrons. The lowest BCUT2D eigenvalue weighted by atomic mass is 10.2. The molecule has 0 atom stereocenters. The normalized spacial score (nSPS) is 10.2. The maximum absolute atomic E-state index is 4.15. The van der Waals surface area contributed by atoms with Crippen molar-refractivity contribution in [3.05, 3.63) is 25.3 Å². The van der Waals surface area contributed by atoms with Gasteiger partial charge >= 0.3 is 0 Å². The van der Waals surface area contributed by atoms with Crippen molar-refractivity contribution in [1.82, 2.24) is 9.55 Å². The van der Waals surface area contributed by atoms with E-state index in [9.17, 15) is 0 Å². The third-order valence-corrected chi connectivity index (χ3v) is 1.56. The van der Waals surface area contributed by atoms with Gasteiger partial charge in [-0.2, -0.15) is 0 Å². The first-order chi connectivity index (χ1) is 4.84. The SMILES string of the molecule is [CH2]n1ccnc1CCCC. The van der Waals surface area contributed by atoms with E-state index in [1.54, 1.807) is 6.20 Å². The zero-order valence-corrected chi connectivity index (χ0v) is 6.38. The van der Waals surface area contributed by atoms with Gasteiger partial charge in [0.25, 0.3) is 0 Å². The third kappa shape index (κ3) is 1.59.